The summed E-state index contributed by atoms with van der Waals surface area (Å²) in [6.07, 6.45) is 0. The van der Waals surface area contributed by atoms with Gasteiger partial charge in [-0.2, -0.15) is 0 Å². The van der Waals surface area contributed by atoms with Crippen molar-refractivity contribution in [1.82, 2.24) is 13.7 Å². The van der Waals surface area contributed by atoms with Crippen molar-refractivity contribution in [2.75, 3.05) is 0 Å². The molecule has 0 radical (unpaired) electrons. The summed E-state index contributed by atoms with van der Waals surface area (Å²) < 4.78 is 283. The van der Waals surface area contributed by atoms with Crippen LogP contribution in [0.5, 0.6) is 0 Å². The first kappa shape index (κ1) is 11.3. The molecule has 0 aliphatic heterocycles. The van der Waals surface area contributed by atoms with E-state index >= 15 is 0 Å². The molecule has 0 aliphatic carbocycles. The Hall–Kier alpha value is -6.84. The molecular formula is C48H31N3. The summed E-state index contributed by atoms with van der Waals surface area (Å²) in [7, 11) is 0. The molecule has 51 heavy (non-hydrogen) atoms. The highest BCUT2D eigenvalue weighted by atomic mass is 15.0. The van der Waals surface area contributed by atoms with Crippen LogP contribution < -0.4 is 0 Å². The Kier molecular flexibility index (Phi) is 2.41. The summed E-state index contributed by atoms with van der Waals surface area (Å²) in [5.74, 6) is 0. The normalized spacial score (nSPS) is 20.4. The number of nitrogens with zero attached hydrogens (tertiary/aromatic N) is 3. The van der Waals surface area contributed by atoms with Gasteiger partial charge < -0.3 is 13.7 Å². The molecule has 11 aromatic rings. The largest absolute Gasteiger partial charge is 0.309 e. The quantitative estimate of drug-likeness (QED) is 0.176. The molecule has 0 saturated carbocycles. The Morgan fingerprint density at radius 3 is 1.27 bits per heavy atom. The van der Waals surface area contributed by atoms with Crippen LogP contribution in [0.25, 0.3) is 93.6 Å². The van der Waals surface area contributed by atoms with Crippen LogP contribution in [0, 0.1) is 0 Å². The molecule has 8 aromatic carbocycles. The van der Waals surface area contributed by atoms with Crippen molar-refractivity contribution in [3.05, 3.63) is 187 Å². The predicted octanol–water partition coefficient (Wildman–Crippen LogP) is 12.6. The van der Waals surface area contributed by atoms with E-state index in [0.717, 1.165) is 4.57 Å². The summed E-state index contributed by atoms with van der Waals surface area (Å²) in [5, 5.41) is -3.67. The first-order valence-corrected chi connectivity index (χ1v) is 15.0. The van der Waals surface area contributed by atoms with E-state index in [1.54, 1.807) is 0 Å². The zero-order valence-electron chi connectivity index (χ0n) is 56.3. The van der Waals surface area contributed by atoms with Gasteiger partial charge in [0.1, 0.15) is 0 Å². The fourth-order valence-corrected chi connectivity index (χ4v) is 6.27. The minimum atomic E-state index is -1.14. The molecular weight excluding hydrogens is 619 g/mol. The van der Waals surface area contributed by atoms with E-state index in [4.69, 9.17) is 26.0 Å². The van der Waals surface area contributed by atoms with Crippen LogP contribution in [0.3, 0.4) is 0 Å². The molecule has 0 unspecified atom stereocenters. The second-order valence-corrected chi connectivity index (χ2v) is 11.0. The van der Waals surface area contributed by atoms with Crippen LogP contribution in [0.1, 0.15) is 42.5 Å². The number of hydrogen-bond acceptors (Lipinski definition) is 0. The smallest absolute Gasteiger partial charge is 0.0667 e. The maximum absolute atomic E-state index is 10.2. The van der Waals surface area contributed by atoms with Crippen LogP contribution in [0.2, 0.25) is 0 Å². The summed E-state index contributed by atoms with van der Waals surface area (Å²) >= 11 is 0. The minimum Gasteiger partial charge on any atom is -0.309 e. The summed E-state index contributed by atoms with van der Waals surface area (Å²) in [5.41, 5.74) is -8.53. The third kappa shape index (κ3) is 4.12. The number of rotatable bonds is 4. The number of benzene rings is 8. The molecule has 3 nitrogen and oxygen atoms in total. The average Bonchev–Trinajstić information content (AvgIpc) is 2.30. The van der Waals surface area contributed by atoms with Crippen LogP contribution in [0.4, 0.5) is 0 Å². The monoisotopic (exact) mass is 680 g/mol. The molecule has 11 rings (SSSR count). The fraction of sp³-hybridized carbons (Fsp3) is 0. The van der Waals surface area contributed by atoms with E-state index < -0.39 is 281 Å². The molecule has 0 aliphatic rings. The lowest BCUT2D eigenvalue weighted by atomic mass is 10.1. The predicted molar refractivity (Wildman–Crippen MR) is 215 cm³/mol. The van der Waals surface area contributed by atoms with Crippen LogP contribution >= 0.6 is 0 Å². The van der Waals surface area contributed by atoms with Gasteiger partial charge in [-0.05, 0) is 77.6 Å². The van der Waals surface area contributed by atoms with E-state index in [9.17, 15) is 16.4 Å². The van der Waals surface area contributed by atoms with Crippen molar-refractivity contribution >= 4 is 65.4 Å². The van der Waals surface area contributed by atoms with E-state index in [1.165, 1.54) is 0 Å². The standard InChI is InChI=1S/C48H31N3/c1-2-13-32(14-3-1)33-15-12-16-34(29-33)49-46-24-11-7-20-40(46)42-30-35(26-28-47(42)49)51-45-23-10-6-19-39(45)41-27-25-36(31-48(41)51)50-43-21-8-4-17-37(43)38-18-5-9-22-44(38)50/h1-31H/i1D,2D,3D,4D,5D,6D,7D,8D,9D,10D,11D,12D,13D,14D,15D,16D,17D,18D,19D,20D,21D,22D,23D,24D,25D,26D,27D,28D,29D,30D,31D. The summed E-state index contributed by atoms with van der Waals surface area (Å²) in [6.45, 7) is 0. The van der Waals surface area contributed by atoms with Gasteiger partial charge in [-0.25, -0.2) is 0 Å². The first-order valence-electron chi connectivity index (χ1n) is 30.5. The molecule has 0 atom stereocenters. The zero-order chi connectivity index (χ0) is 60.4. The van der Waals surface area contributed by atoms with Crippen LogP contribution in [-0.4, -0.2) is 13.7 Å². The van der Waals surface area contributed by atoms with Crippen LogP contribution in [0.15, 0.2) is 187 Å². The van der Waals surface area contributed by atoms with Gasteiger partial charge in [0.2, 0.25) is 0 Å². The Bertz CT molecular complexity index is 4830. The van der Waals surface area contributed by atoms with Crippen molar-refractivity contribution in [3.8, 4) is 28.2 Å². The second kappa shape index (κ2) is 10.8. The highest BCUT2D eigenvalue weighted by Gasteiger charge is 2.18. The lowest BCUT2D eigenvalue weighted by molar-refractivity contribution is 1.15. The Labute approximate surface area is 338 Å². The van der Waals surface area contributed by atoms with E-state index in [1.807, 2.05) is 0 Å². The number of fused-ring (bicyclic) bond motifs is 9. The van der Waals surface area contributed by atoms with E-state index in [0.29, 0.717) is 9.13 Å². The molecule has 0 saturated heterocycles. The fourth-order valence-electron chi connectivity index (χ4n) is 6.27. The van der Waals surface area contributed by atoms with Crippen LogP contribution in [-0.2, 0) is 0 Å². The third-order valence-corrected chi connectivity index (χ3v) is 8.35. The zero-order valence-corrected chi connectivity index (χ0v) is 25.3. The van der Waals surface area contributed by atoms with Gasteiger partial charge in [0.05, 0.1) is 75.6 Å². The molecule has 0 amide bonds. The lowest BCUT2D eigenvalue weighted by Gasteiger charge is -2.12. The maximum Gasteiger partial charge on any atom is 0.0667 e. The van der Waals surface area contributed by atoms with Crippen molar-refractivity contribution in [2.24, 2.45) is 0 Å². The number of hydrogen-bond donors (Lipinski definition) is 0. The first-order chi connectivity index (χ1) is 38.2. The molecule has 3 aromatic heterocycles. The topological polar surface area (TPSA) is 14.8 Å². The van der Waals surface area contributed by atoms with Gasteiger partial charge in [-0.1, -0.05) is 121 Å². The molecule has 0 fully saturated rings. The lowest BCUT2D eigenvalue weighted by Crippen LogP contribution is -1.97. The third-order valence-electron chi connectivity index (χ3n) is 8.35. The van der Waals surface area contributed by atoms with Crippen molar-refractivity contribution in [1.29, 1.82) is 0 Å². The van der Waals surface area contributed by atoms with Gasteiger partial charge in [-0.3, -0.25) is 0 Å². The van der Waals surface area contributed by atoms with Gasteiger partial charge in [0, 0.05) is 49.4 Å². The molecule has 0 bridgehead atoms. The van der Waals surface area contributed by atoms with Crippen molar-refractivity contribution in [2.45, 2.75) is 0 Å². The van der Waals surface area contributed by atoms with Gasteiger partial charge >= 0.3 is 0 Å². The van der Waals surface area contributed by atoms with Gasteiger partial charge in [-0.15, -0.1) is 0 Å². The van der Waals surface area contributed by atoms with Crippen molar-refractivity contribution in [3.63, 3.8) is 0 Å². The SMILES string of the molecule is [2H]c1c([2H])c([2H])c(-c2c([2H])c([2H])c([2H])c(-n3c4c([2H])c([2H])c([2H])c([2H])c4c4c([2H])c(-n5c6c([2H])c([2H])c([2H])c([2H])c6c6c([2H])c([2H])c(-n7c8c([2H])c([2H])c([2H])c([2H])c8c8c([2H])c([2H])c([2H])c([2H])c87)c([2H])c65)c([2H])c([2H])c43)c2[2H])c([2H])c1[2H]. The molecule has 3 heterocycles. The second-order valence-electron chi connectivity index (χ2n) is 11.0. The Balaban J connectivity index is 1.40. The number of aromatic nitrogens is 3. The highest BCUT2D eigenvalue weighted by molar-refractivity contribution is 6.13. The molecule has 238 valence electrons. The van der Waals surface area contributed by atoms with Crippen molar-refractivity contribution < 1.29 is 42.5 Å². The average molecular weight is 681 g/mol. The van der Waals surface area contributed by atoms with Gasteiger partial charge in [0.25, 0.3) is 0 Å². The molecule has 3 heteroatoms. The highest BCUT2D eigenvalue weighted by Crippen LogP contribution is 2.39. The van der Waals surface area contributed by atoms with Gasteiger partial charge in [0.15, 0.2) is 0 Å². The number of para-hydroxylation sites is 4. The van der Waals surface area contributed by atoms with E-state index in [2.05, 4.69) is 0 Å². The Morgan fingerprint density at radius 2 is 0.667 bits per heavy atom. The van der Waals surface area contributed by atoms with E-state index in [-0.39, 0.29) is 0 Å². The minimum absolute atomic E-state index is 0.507. The molecule has 0 N–H and O–H groups in total. The summed E-state index contributed by atoms with van der Waals surface area (Å²) in [4.78, 5) is 0. The maximum atomic E-state index is 10.2. The molecule has 0 spiro atoms. The summed E-state index contributed by atoms with van der Waals surface area (Å²) in [6, 6.07) is -29.6. The Morgan fingerprint density at radius 1 is 0.255 bits per heavy atom.